The highest BCUT2D eigenvalue weighted by atomic mass is 31.2. The van der Waals surface area contributed by atoms with E-state index in [4.69, 9.17) is 18.5 Å². The van der Waals surface area contributed by atoms with Crippen molar-refractivity contribution in [1.29, 1.82) is 0 Å². The number of rotatable bonds is 41. The van der Waals surface area contributed by atoms with Gasteiger partial charge in [-0.05, 0) is 51.4 Å². The van der Waals surface area contributed by atoms with Crippen LogP contribution in [0.1, 0.15) is 181 Å². The van der Waals surface area contributed by atoms with E-state index in [1.54, 1.807) is 0 Å². The summed E-state index contributed by atoms with van der Waals surface area (Å²) in [7, 11) is 1.32. The van der Waals surface area contributed by atoms with Gasteiger partial charge >= 0.3 is 5.97 Å². The average Bonchev–Trinajstić information content (AvgIpc) is 3.13. The fraction of sp³-hybridized carbons (Fsp3) is 0.804. The van der Waals surface area contributed by atoms with Gasteiger partial charge in [0.1, 0.15) is 19.3 Å². The van der Waals surface area contributed by atoms with Crippen molar-refractivity contribution in [2.24, 2.45) is 0 Å². The van der Waals surface area contributed by atoms with E-state index in [1.807, 2.05) is 21.1 Å². The van der Waals surface area contributed by atoms with Crippen molar-refractivity contribution < 1.29 is 37.3 Å². The molecule has 0 aromatic heterocycles. The predicted molar refractivity (Wildman–Crippen MR) is 231 cm³/mol. The van der Waals surface area contributed by atoms with Crippen LogP contribution in [0.25, 0.3) is 0 Å². The predicted octanol–water partition coefficient (Wildman–Crippen LogP) is 12.5. The first-order chi connectivity index (χ1) is 26.6. The van der Waals surface area contributed by atoms with Gasteiger partial charge in [-0.25, -0.2) is 0 Å². The van der Waals surface area contributed by atoms with E-state index in [9.17, 15) is 14.3 Å². The first-order valence-electron chi connectivity index (χ1n) is 22.4. The molecule has 0 aromatic carbocycles. The molecule has 0 aliphatic rings. The highest BCUT2D eigenvalue weighted by Gasteiger charge is 2.20. The van der Waals surface area contributed by atoms with Crippen molar-refractivity contribution in [2.75, 3.05) is 54.1 Å². The van der Waals surface area contributed by atoms with E-state index >= 15 is 0 Å². The number of hydrogen-bond donors (Lipinski definition) is 0. The summed E-state index contributed by atoms with van der Waals surface area (Å²) in [6, 6.07) is 0. The number of carbonyl (C=O) groups excluding carboxylic acids is 1. The van der Waals surface area contributed by atoms with Crippen molar-refractivity contribution in [3.8, 4) is 0 Å². The molecule has 2 atom stereocenters. The number of esters is 1. The van der Waals surface area contributed by atoms with E-state index in [-0.39, 0.29) is 32.2 Å². The van der Waals surface area contributed by atoms with Crippen LogP contribution in [0.5, 0.6) is 0 Å². The van der Waals surface area contributed by atoms with Gasteiger partial charge in [-0.1, -0.05) is 172 Å². The maximum Gasteiger partial charge on any atom is 0.306 e. The zero-order valence-corrected chi connectivity index (χ0v) is 37.3. The second-order valence-corrected chi connectivity index (χ2v) is 17.5. The molecule has 0 aliphatic carbocycles. The molecule has 0 saturated heterocycles. The van der Waals surface area contributed by atoms with Gasteiger partial charge in [0, 0.05) is 13.0 Å². The molecule has 0 N–H and O–H groups in total. The second-order valence-electron chi connectivity index (χ2n) is 16.1. The molecule has 0 heterocycles. The minimum Gasteiger partial charge on any atom is -0.756 e. The normalized spacial score (nSPS) is 14.2. The molecule has 9 heteroatoms. The summed E-state index contributed by atoms with van der Waals surface area (Å²) in [6.07, 6.45) is 47.0. The standard InChI is InChI=1S/C46H86NO7P/c1-6-8-10-12-14-16-18-20-22-24-25-27-29-31-33-35-37-39-46(48)54-45(44-53-55(49,50)52-42-40-47(3,4)5)43-51-41-38-36-34-32-30-28-26-23-21-19-17-15-13-11-9-7-2/h14,16,20,22,25,27,31,33,45H,6-13,15,17-19,21,23-24,26,28-30,32,34-44H2,1-5H3/b16-14-,22-20-,27-25-,33-31-/t45-/m1/s1. The lowest BCUT2D eigenvalue weighted by Crippen LogP contribution is -2.37. The average molecular weight is 796 g/mol. The first-order valence-corrected chi connectivity index (χ1v) is 23.8. The number of unbranched alkanes of at least 4 members (excludes halogenated alkanes) is 19. The summed E-state index contributed by atoms with van der Waals surface area (Å²) in [6.45, 7) is 5.32. The third kappa shape index (κ3) is 43.4. The lowest BCUT2D eigenvalue weighted by atomic mass is 10.0. The summed E-state index contributed by atoms with van der Waals surface area (Å²) < 4.78 is 34.5. The molecule has 0 saturated carbocycles. The van der Waals surface area contributed by atoms with Gasteiger partial charge in [0.25, 0.3) is 7.82 Å². The van der Waals surface area contributed by atoms with Gasteiger partial charge in [-0.2, -0.15) is 0 Å². The third-order valence-corrected chi connectivity index (χ3v) is 10.3. The molecule has 322 valence electrons. The van der Waals surface area contributed by atoms with Crippen LogP contribution < -0.4 is 4.89 Å². The SMILES string of the molecule is CCCCC/C=C\C/C=C\C/C=C\C/C=C\CCCC(=O)O[C@H](COCCCCCCCCCCCCCCCCCC)COP(=O)([O-])OCC[N+](C)(C)C. The highest BCUT2D eigenvalue weighted by molar-refractivity contribution is 7.45. The van der Waals surface area contributed by atoms with Gasteiger partial charge in [0.2, 0.25) is 0 Å². The minimum absolute atomic E-state index is 0.0158. The van der Waals surface area contributed by atoms with Gasteiger partial charge in [-0.3, -0.25) is 9.36 Å². The van der Waals surface area contributed by atoms with Crippen molar-refractivity contribution in [3.63, 3.8) is 0 Å². The highest BCUT2D eigenvalue weighted by Crippen LogP contribution is 2.38. The van der Waals surface area contributed by atoms with E-state index in [2.05, 4.69) is 62.5 Å². The van der Waals surface area contributed by atoms with E-state index in [0.29, 0.717) is 24.1 Å². The Morgan fingerprint density at radius 3 is 1.49 bits per heavy atom. The summed E-state index contributed by atoms with van der Waals surface area (Å²) in [4.78, 5) is 25.0. The Kier molecular flexibility index (Phi) is 38.2. The molecular weight excluding hydrogens is 709 g/mol. The fourth-order valence-corrected chi connectivity index (χ4v) is 6.62. The van der Waals surface area contributed by atoms with Crippen LogP contribution in [0, 0.1) is 0 Å². The number of ether oxygens (including phenoxy) is 2. The topological polar surface area (TPSA) is 94.1 Å². The molecule has 0 rings (SSSR count). The van der Waals surface area contributed by atoms with Gasteiger partial charge in [-0.15, -0.1) is 0 Å². The number of likely N-dealkylation sites (N-methyl/N-ethyl adjacent to an activating group) is 1. The number of phosphoric acid groups is 1. The maximum atomic E-state index is 12.7. The van der Waals surface area contributed by atoms with Gasteiger partial charge in [0.05, 0.1) is 34.4 Å². The van der Waals surface area contributed by atoms with Crippen LogP contribution in [0.15, 0.2) is 48.6 Å². The van der Waals surface area contributed by atoms with E-state index in [0.717, 1.165) is 38.5 Å². The number of nitrogens with zero attached hydrogens (tertiary/aromatic N) is 1. The molecular formula is C46H86NO7P. The van der Waals surface area contributed by atoms with Crippen molar-refractivity contribution in [3.05, 3.63) is 48.6 Å². The minimum atomic E-state index is -4.54. The Balaban J connectivity index is 4.32. The summed E-state index contributed by atoms with van der Waals surface area (Å²) in [5, 5.41) is 0. The molecule has 0 amide bonds. The molecule has 0 bridgehead atoms. The molecule has 0 radical (unpaired) electrons. The van der Waals surface area contributed by atoms with Gasteiger partial charge < -0.3 is 27.9 Å². The number of carbonyl (C=O) groups is 1. The summed E-state index contributed by atoms with van der Waals surface area (Å²) in [5.41, 5.74) is 0. The van der Waals surface area contributed by atoms with Crippen LogP contribution in [-0.4, -0.2) is 70.7 Å². The number of allylic oxidation sites excluding steroid dienone is 8. The third-order valence-electron chi connectivity index (χ3n) is 9.38. The quantitative estimate of drug-likeness (QED) is 0.0200. The Morgan fingerprint density at radius 1 is 0.564 bits per heavy atom. The number of phosphoric ester groups is 1. The maximum absolute atomic E-state index is 12.7. The van der Waals surface area contributed by atoms with Crippen molar-refractivity contribution in [1.82, 2.24) is 0 Å². The zero-order chi connectivity index (χ0) is 40.6. The first kappa shape index (κ1) is 53.5. The van der Waals surface area contributed by atoms with Gasteiger partial charge in [0.15, 0.2) is 0 Å². The van der Waals surface area contributed by atoms with Crippen LogP contribution in [0.2, 0.25) is 0 Å². The molecule has 1 unspecified atom stereocenters. The van der Waals surface area contributed by atoms with Crippen molar-refractivity contribution >= 4 is 13.8 Å². The van der Waals surface area contributed by atoms with Crippen molar-refractivity contribution in [2.45, 2.75) is 187 Å². The number of hydrogen-bond acceptors (Lipinski definition) is 7. The zero-order valence-electron chi connectivity index (χ0n) is 36.4. The largest absolute Gasteiger partial charge is 0.756 e. The fourth-order valence-electron chi connectivity index (χ4n) is 5.89. The lowest BCUT2D eigenvalue weighted by molar-refractivity contribution is -0.870. The summed E-state index contributed by atoms with van der Waals surface area (Å²) in [5.74, 6) is -0.387. The second kappa shape index (κ2) is 39.3. The molecule has 55 heavy (non-hydrogen) atoms. The Hall–Kier alpha value is -1.54. The van der Waals surface area contributed by atoms with Crippen LogP contribution in [0.3, 0.4) is 0 Å². The van der Waals surface area contributed by atoms with Crippen LogP contribution in [-0.2, 0) is 27.9 Å². The lowest BCUT2D eigenvalue weighted by Gasteiger charge is -2.28. The van der Waals surface area contributed by atoms with Crippen LogP contribution in [0.4, 0.5) is 0 Å². The summed E-state index contributed by atoms with van der Waals surface area (Å²) >= 11 is 0. The Morgan fingerprint density at radius 2 is 1.00 bits per heavy atom. The smallest absolute Gasteiger partial charge is 0.306 e. The van der Waals surface area contributed by atoms with E-state index < -0.39 is 13.9 Å². The monoisotopic (exact) mass is 796 g/mol. The van der Waals surface area contributed by atoms with Crippen LogP contribution >= 0.6 is 7.82 Å². The molecule has 0 aliphatic heterocycles. The Labute approximate surface area is 339 Å². The molecule has 0 fully saturated rings. The number of quaternary nitrogens is 1. The molecule has 0 spiro atoms. The molecule has 8 nitrogen and oxygen atoms in total. The molecule has 0 aromatic rings. The Bertz CT molecular complexity index is 1020. The van der Waals surface area contributed by atoms with E-state index in [1.165, 1.54) is 116 Å².